The Hall–Kier alpha value is -1.28. The van der Waals surface area contributed by atoms with Crippen LogP contribution in [0.1, 0.15) is 11.9 Å². The van der Waals surface area contributed by atoms with E-state index < -0.39 is 30.0 Å². The number of nitrogens with zero attached hydrogens (tertiary/aromatic N) is 3. The standard InChI is InChI=1S/C14H17N3O4S/c1-22-14-10(16-17-15)11(18)12-9(20-14)7-19-13(21-12)8-5-3-2-4-6-8/h2-6,9-14,18H,7H2,1H3/t9?,10-,11-,12+,13?,14?/m1/s1. The highest BCUT2D eigenvalue weighted by atomic mass is 32.2. The van der Waals surface area contributed by atoms with Crippen LogP contribution in [-0.2, 0) is 14.2 Å². The summed E-state index contributed by atoms with van der Waals surface area (Å²) in [7, 11) is 0. The van der Waals surface area contributed by atoms with E-state index in [4.69, 9.17) is 19.7 Å². The number of hydrogen-bond acceptors (Lipinski definition) is 6. The molecule has 0 radical (unpaired) electrons. The van der Waals surface area contributed by atoms with Crippen molar-refractivity contribution < 1.29 is 19.3 Å². The monoisotopic (exact) mass is 323 g/mol. The number of benzene rings is 1. The van der Waals surface area contributed by atoms with E-state index in [1.54, 1.807) is 0 Å². The first-order chi connectivity index (χ1) is 10.7. The van der Waals surface area contributed by atoms with Crippen LogP contribution in [0.15, 0.2) is 35.4 Å². The van der Waals surface area contributed by atoms with E-state index in [-0.39, 0.29) is 6.10 Å². The molecule has 1 aromatic rings. The van der Waals surface area contributed by atoms with E-state index in [0.717, 1.165) is 5.56 Å². The molecule has 2 heterocycles. The van der Waals surface area contributed by atoms with E-state index in [1.807, 2.05) is 36.6 Å². The van der Waals surface area contributed by atoms with Crippen molar-refractivity contribution in [2.75, 3.05) is 12.9 Å². The summed E-state index contributed by atoms with van der Waals surface area (Å²) in [5, 5.41) is 14.2. The molecular weight excluding hydrogens is 306 g/mol. The van der Waals surface area contributed by atoms with Gasteiger partial charge in [0.05, 0.1) is 12.7 Å². The van der Waals surface area contributed by atoms with Gasteiger partial charge >= 0.3 is 0 Å². The second-order valence-electron chi connectivity index (χ2n) is 5.14. The van der Waals surface area contributed by atoms with Gasteiger partial charge in [-0.2, -0.15) is 0 Å². The number of aliphatic hydroxyl groups excluding tert-OH is 1. The maximum absolute atomic E-state index is 10.5. The summed E-state index contributed by atoms with van der Waals surface area (Å²) in [5.74, 6) is 0. The number of azide groups is 1. The average molecular weight is 323 g/mol. The van der Waals surface area contributed by atoms with Gasteiger partial charge in [-0.05, 0) is 11.8 Å². The Morgan fingerprint density at radius 3 is 2.77 bits per heavy atom. The van der Waals surface area contributed by atoms with Gasteiger partial charge in [-0.25, -0.2) is 0 Å². The van der Waals surface area contributed by atoms with Crippen LogP contribution in [0, 0.1) is 0 Å². The second-order valence-corrected chi connectivity index (χ2v) is 6.08. The molecule has 1 aromatic carbocycles. The first kappa shape index (κ1) is 15.6. The van der Waals surface area contributed by atoms with Crippen LogP contribution in [0.5, 0.6) is 0 Å². The van der Waals surface area contributed by atoms with E-state index in [9.17, 15) is 5.11 Å². The first-order valence-electron chi connectivity index (χ1n) is 6.97. The second kappa shape index (κ2) is 6.87. The van der Waals surface area contributed by atoms with E-state index in [1.165, 1.54) is 11.8 Å². The van der Waals surface area contributed by atoms with Gasteiger partial charge in [0, 0.05) is 10.5 Å². The highest BCUT2D eigenvalue weighted by Gasteiger charge is 2.48. The van der Waals surface area contributed by atoms with Crippen LogP contribution < -0.4 is 0 Å². The lowest BCUT2D eigenvalue weighted by Crippen LogP contribution is -2.60. The van der Waals surface area contributed by atoms with Gasteiger partial charge in [0.1, 0.15) is 23.7 Å². The predicted molar refractivity (Wildman–Crippen MR) is 81.1 cm³/mol. The molecule has 118 valence electrons. The first-order valence-corrected chi connectivity index (χ1v) is 8.26. The van der Waals surface area contributed by atoms with Gasteiger partial charge in [-0.1, -0.05) is 35.4 Å². The Balaban J connectivity index is 1.79. The summed E-state index contributed by atoms with van der Waals surface area (Å²) >= 11 is 1.39. The van der Waals surface area contributed by atoms with E-state index in [2.05, 4.69) is 10.0 Å². The predicted octanol–water partition coefficient (Wildman–Crippen LogP) is 2.23. The molecule has 0 saturated carbocycles. The van der Waals surface area contributed by atoms with Crippen LogP contribution >= 0.6 is 11.8 Å². The molecule has 3 rings (SSSR count). The van der Waals surface area contributed by atoms with Gasteiger partial charge in [-0.15, -0.1) is 11.8 Å². The Kier molecular flexibility index (Phi) is 4.87. The summed E-state index contributed by atoms with van der Waals surface area (Å²) in [4.78, 5) is 2.81. The van der Waals surface area contributed by atoms with Crippen LogP contribution in [0.25, 0.3) is 10.4 Å². The van der Waals surface area contributed by atoms with Crippen molar-refractivity contribution in [1.29, 1.82) is 0 Å². The van der Waals surface area contributed by atoms with Gasteiger partial charge in [0.15, 0.2) is 6.29 Å². The maximum Gasteiger partial charge on any atom is 0.184 e. The molecule has 8 heteroatoms. The highest BCUT2D eigenvalue weighted by molar-refractivity contribution is 7.99. The van der Waals surface area contributed by atoms with Crippen LogP contribution in [0.2, 0.25) is 0 Å². The number of ether oxygens (including phenoxy) is 3. The normalized spacial score (nSPS) is 37.9. The summed E-state index contributed by atoms with van der Waals surface area (Å²) in [6, 6.07) is 8.82. The van der Waals surface area contributed by atoms with Crippen molar-refractivity contribution in [3.63, 3.8) is 0 Å². The fourth-order valence-electron chi connectivity index (χ4n) is 2.73. The number of aliphatic hydroxyl groups is 1. The van der Waals surface area contributed by atoms with Gasteiger partial charge in [0.2, 0.25) is 0 Å². The summed E-state index contributed by atoms with van der Waals surface area (Å²) in [5.41, 5.74) is 9.16. The molecule has 0 aromatic heterocycles. The minimum Gasteiger partial charge on any atom is -0.390 e. The summed E-state index contributed by atoms with van der Waals surface area (Å²) < 4.78 is 17.4. The SMILES string of the molecule is CSC1OC2COC(c3ccccc3)O[C@@H]2[C@H](O)[C@H]1N=[N+]=[N-]. The van der Waals surface area contributed by atoms with Crippen molar-refractivity contribution in [2.24, 2.45) is 5.11 Å². The van der Waals surface area contributed by atoms with E-state index >= 15 is 0 Å². The summed E-state index contributed by atoms with van der Waals surface area (Å²) in [6.07, 6.45) is -0.606. The lowest BCUT2D eigenvalue weighted by Gasteiger charge is -2.46. The maximum atomic E-state index is 10.5. The minimum absolute atomic E-state index is 0.321. The number of hydrogen-bond donors (Lipinski definition) is 1. The highest BCUT2D eigenvalue weighted by Crippen LogP contribution is 2.37. The number of fused-ring (bicyclic) bond motifs is 1. The van der Waals surface area contributed by atoms with Crippen molar-refractivity contribution in [3.8, 4) is 0 Å². The number of rotatable bonds is 3. The lowest BCUT2D eigenvalue weighted by molar-refractivity contribution is -0.305. The molecule has 1 N–H and O–H groups in total. The molecule has 3 unspecified atom stereocenters. The van der Waals surface area contributed by atoms with Crippen molar-refractivity contribution in [2.45, 2.75) is 36.1 Å². The third-order valence-corrected chi connectivity index (χ3v) is 4.68. The fraction of sp³-hybridized carbons (Fsp3) is 0.571. The molecule has 2 aliphatic rings. The fourth-order valence-corrected chi connectivity index (χ4v) is 3.48. The Bertz CT molecular complexity index is 554. The zero-order valence-electron chi connectivity index (χ0n) is 12.0. The Labute approximate surface area is 132 Å². The smallest absolute Gasteiger partial charge is 0.184 e. The number of thioether (sulfide) groups is 1. The molecular formula is C14H17N3O4S. The minimum atomic E-state index is -0.929. The van der Waals surface area contributed by atoms with E-state index in [0.29, 0.717) is 6.61 Å². The van der Waals surface area contributed by atoms with Gasteiger partial charge in [0.25, 0.3) is 0 Å². The van der Waals surface area contributed by atoms with Crippen LogP contribution in [0.3, 0.4) is 0 Å². The zero-order chi connectivity index (χ0) is 15.5. The molecule has 22 heavy (non-hydrogen) atoms. The summed E-state index contributed by atoms with van der Waals surface area (Å²) in [6.45, 7) is 0.321. The average Bonchev–Trinajstić information content (AvgIpc) is 2.58. The molecule has 0 bridgehead atoms. The molecule has 2 fully saturated rings. The van der Waals surface area contributed by atoms with Gasteiger partial charge < -0.3 is 19.3 Å². The topological polar surface area (TPSA) is 96.7 Å². The molecule has 0 amide bonds. The molecule has 2 aliphatic heterocycles. The van der Waals surface area contributed by atoms with Crippen LogP contribution in [0.4, 0.5) is 0 Å². The Morgan fingerprint density at radius 2 is 2.09 bits per heavy atom. The lowest BCUT2D eigenvalue weighted by atomic mass is 9.97. The van der Waals surface area contributed by atoms with Crippen molar-refractivity contribution in [3.05, 3.63) is 46.3 Å². The largest absolute Gasteiger partial charge is 0.390 e. The Morgan fingerprint density at radius 1 is 1.32 bits per heavy atom. The molecule has 2 saturated heterocycles. The molecule has 0 spiro atoms. The van der Waals surface area contributed by atoms with Gasteiger partial charge in [-0.3, -0.25) is 0 Å². The molecule has 6 atom stereocenters. The quantitative estimate of drug-likeness (QED) is 0.522. The third-order valence-electron chi connectivity index (χ3n) is 3.82. The zero-order valence-corrected chi connectivity index (χ0v) is 12.8. The van der Waals surface area contributed by atoms with Crippen molar-refractivity contribution in [1.82, 2.24) is 0 Å². The van der Waals surface area contributed by atoms with Crippen LogP contribution in [-0.4, -0.2) is 47.8 Å². The molecule has 7 nitrogen and oxygen atoms in total. The van der Waals surface area contributed by atoms with Crippen molar-refractivity contribution >= 4 is 11.8 Å². The molecule has 0 aliphatic carbocycles. The third kappa shape index (κ3) is 2.94.